The van der Waals surface area contributed by atoms with Crippen LogP contribution in [-0.2, 0) is 19.4 Å². The Hall–Kier alpha value is -3.23. The van der Waals surface area contributed by atoms with Crippen molar-refractivity contribution in [1.29, 1.82) is 5.26 Å². The van der Waals surface area contributed by atoms with Crippen molar-refractivity contribution in [3.05, 3.63) is 59.1 Å². The number of carboxylic acids is 1. The minimum atomic E-state index is -4.25. The number of primary amides is 1. The Labute approximate surface area is 210 Å². The molecule has 0 aromatic heterocycles. The Balaban J connectivity index is 1.74. The number of aliphatic carboxylic acids is 1. The maximum absolute atomic E-state index is 13.5. The van der Waals surface area contributed by atoms with E-state index in [1.807, 2.05) is 6.07 Å². The molecular weight excluding hydrogens is 518 g/mol. The molecule has 2 aliphatic carbocycles. The predicted octanol–water partition coefficient (Wildman–Crippen LogP) is 3.34. The highest BCUT2D eigenvalue weighted by atomic mass is 35.5. The minimum Gasteiger partial charge on any atom is -0.493 e. The van der Waals surface area contributed by atoms with Gasteiger partial charge >= 0.3 is 5.97 Å². The van der Waals surface area contributed by atoms with Crippen LogP contribution in [0.3, 0.4) is 0 Å². The number of benzene rings is 2. The summed E-state index contributed by atoms with van der Waals surface area (Å²) in [7, 11) is -4.25. The Morgan fingerprint density at radius 3 is 2.33 bits per heavy atom. The highest BCUT2D eigenvalue weighted by Gasteiger charge is 2.75. The van der Waals surface area contributed by atoms with E-state index in [1.54, 1.807) is 0 Å². The van der Waals surface area contributed by atoms with Gasteiger partial charge in [-0.1, -0.05) is 11.6 Å². The number of nitrogens with two attached hydrogens (primary N) is 1. The summed E-state index contributed by atoms with van der Waals surface area (Å²) in [4.78, 5) is 24.5. The molecule has 0 radical (unpaired) electrons. The standard InChI is InChI=1S/C24H21ClF2N2O6S/c25-18-8-15(27)3-6-19(18)36(33,34)17-7-13(11-35-16-4-1-14(26)2-5-16)24(9-17,22(31)32)20-10-23(20,12-28)21(29)30/h1-6,8,13,17,20H,7,9-11H2,(H2,29,30)(H,31,32)/t13-,17-,20?,23?,24-/m0/s1. The molecule has 0 heterocycles. The number of rotatable bonds is 8. The topological polar surface area (TPSA) is 148 Å². The zero-order chi connectivity index (χ0) is 26.5. The third-order valence-corrected chi connectivity index (χ3v) is 10.00. The molecule has 2 aromatic carbocycles. The minimum absolute atomic E-state index is 0.137. The quantitative estimate of drug-likeness (QED) is 0.490. The van der Waals surface area contributed by atoms with Crippen LogP contribution in [0.2, 0.25) is 5.02 Å². The SMILES string of the molecule is N#CC1(C(N)=O)CC1[C@]1(C(=O)O)C[C@@H](S(=O)(=O)c2ccc(F)cc2Cl)C[C@H]1COc1ccc(F)cc1. The molecule has 36 heavy (non-hydrogen) atoms. The van der Waals surface area contributed by atoms with Gasteiger partial charge in [-0.3, -0.25) is 9.59 Å². The first-order chi connectivity index (χ1) is 16.9. The zero-order valence-electron chi connectivity index (χ0n) is 18.7. The molecule has 5 atom stereocenters. The molecule has 0 saturated heterocycles. The summed E-state index contributed by atoms with van der Waals surface area (Å²) in [5.41, 5.74) is 1.85. The molecule has 0 bridgehead atoms. The zero-order valence-corrected chi connectivity index (χ0v) is 20.2. The number of carboxylic acid groups (broad SMARTS) is 1. The molecular formula is C24H21ClF2N2O6S. The smallest absolute Gasteiger partial charge is 0.310 e. The van der Waals surface area contributed by atoms with E-state index in [-0.39, 0.29) is 35.1 Å². The van der Waals surface area contributed by atoms with Gasteiger partial charge in [0.25, 0.3) is 0 Å². The van der Waals surface area contributed by atoms with E-state index in [9.17, 15) is 37.2 Å². The van der Waals surface area contributed by atoms with Crippen molar-refractivity contribution in [2.24, 2.45) is 28.4 Å². The Bertz CT molecular complexity index is 1380. The van der Waals surface area contributed by atoms with Gasteiger partial charge in [-0.25, -0.2) is 17.2 Å². The van der Waals surface area contributed by atoms with Crippen molar-refractivity contribution in [2.45, 2.75) is 29.4 Å². The van der Waals surface area contributed by atoms with Crippen LogP contribution < -0.4 is 10.5 Å². The average molecular weight is 539 g/mol. The number of carbonyl (C=O) groups is 2. The van der Waals surface area contributed by atoms with Crippen LogP contribution in [0.1, 0.15) is 19.3 Å². The lowest BCUT2D eigenvalue weighted by Gasteiger charge is -2.32. The lowest BCUT2D eigenvalue weighted by atomic mass is 9.71. The lowest BCUT2D eigenvalue weighted by Crippen LogP contribution is -2.43. The second kappa shape index (κ2) is 9.01. The van der Waals surface area contributed by atoms with Gasteiger partial charge in [0.2, 0.25) is 5.91 Å². The number of nitriles is 1. The number of halogens is 3. The van der Waals surface area contributed by atoms with Crippen LogP contribution in [-0.4, -0.2) is 37.3 Å². The van der Waals surface area contributed by atoms with Gasteiger partial charge in [0, 0.05) is 11.8 Å². The normalized spacial score (nSPS) is 29.3. The van der Waals surface area contributed by atoms with Crippen LogP contribution in [0, 0.1) is 45.6 Å². The molecule has 4 rings (SSSR count). The molecule has 3 N–H and O–H groups in total. The average Bonchev–Trinajstić information content (AvgIpc) is 3.44. The number of amides is 1. The highest BCUT2D eigenvalue weighted by Crippen LogP contribution is 2.68. The molecule has 2 unspecified atom stereocenters. The largest absolute Gasteiger partial charge is 0.493 e. The Morgan fingerprint density at radius 1 is 1.17 bits per heavy atom. The second-order valence-electron chi connectivity index (χ2n) is 9.19. The molecule has 0 spiro atoms. The van der Waals surface area contributed by atoms with E-state index in [0.29, 0.717) is 0 Å². The third-order valence-electron chi connectivity index (χ3n) is 7.37. The fraction of sp³-hybridized carbons (Fsp3) is 0.375. The molecule has 2 aliphatic rings. The molecule has 2 saturated carbocycles. The molecule has 1 amide bonds. The van der Waals surface area contributed by atoms with E-state index < -0.39 is 67.7 Å². The van der Waals surface area contributed by atoms with E-state index >= 15 is 0 Å². The van der Waals surface area contributed by atoms with E-state index in [4.69, 9.17) is 22.1 Å². The van der Waals surface area contributed by atoms with Gasteiger partial charge in [-0.05, 0) is 61.7 Å². The molecule has 190 valence electrons. The molecule has 0 aliphatic heterocycles. The summed E-state index contributed by atoms with van der Waals surface area (Å²) >= 11 is 6.01. The molecule has 8 nitrogen and oxygen atoms in total. The van der Waals surface area contributed by atoms with Crippen LogP contribution >= 0.6 is 11.6 Å². The van der Waals surface area contributed by atoms with Crippen molar-refractivity contribution >= 4 is 33.3 Å². The van der Waals surface area contributed by atoms with Gasteiger partial charge < -0.3 is 15.6 Å². The van der Waals surface area contributed by atoms with Crippen LogP contribution in [0.25, 0.3) is 0 Å². The molecule has 2 aromatic rings. The van der Waals surface area contributed by atoms with Crippen LogP contribution in [0.5, 0.6) is 5.75 Å². The van der Waals surface area contributed by atoms with Crippen molar-refractivity contribution in [3.8, 4) is 11.8 Å². The summed E-state index contributed by atoms with van der Waals surface area (Å²) in [6, 6.07) is 9.57. The van der Waals surface area contributed by atoms with E-state index in [1.165, 1.54) is 12.1 Å². The highest BCUT2D eigenvalue weighted by molar-refractivity contribution is 7.92. The number of hydrogen-bond acceptors (Lipinski definition) is 6. The summed E-state index contributed by atoms with van der Waals surface area (Å²) in [5.74, 6) is -5.41. The molecule has 2 fully saturated rings. The Morgan fingerprint density at radius 2 is 1.81 bits per heavy atom. The van der Waals surface area contributed by atoms with Gasteiger partial charge in [0.15, 0.2) is 9.84 Å². The number of carbonyl (C=O) groups excluding carboxylic acids is 1. The van der Waals surface area contributed by atoms with Gasteiger partial charge in [0.1, 0.15) is 22.8 Å². The van der Waals surface area contributed by atoms with E-state index in [0.717, 1.165) is 30.3 Å². The monoisotopic (exact) mass is 538 g/mol. The molecule has 12 heteroatoms. The number of ether oxygens (including phenoxy) is 1. The first kappa shape index (κ1) is 25.9. The summed E-state index contributed by atoms with van der Waals surface area (Å²) in [6.45, 7) is -0.280. The van der Waals surface area contributed by atoms with Crippen molar-refractivity contribution < 1.29 is 36.6 Å². The first-order valence-electron chi connectivity index (χ1n) is 10.9. The summed E-state index contributed by atoms with van der Waals surface area (Å²) in [5, 5.41) is 18.4. The maximum Gasteiger partial charge on any atom is 0.310 e. The van der Waals surface area contributed by atoms with Crippen molar-refractivity contribution in [3.63, 3.8) is 0 Å². The number of sulfone groups is 1. The number of nitrogens with zero attached hydrogens (tertiary/aromatic N) is 1. The maximum atomic E-state index is 13.5. The van der Waals surface area contributed by atoms with Crippen LogP contribution in [0.4, 0.5) is 8.78 Å². The Kier molecular flexibility index (Phi) is 6.47. The lowest BCUT2D eigenvalue weighted by molar-refractivity contribution is -0.154. The first-order valence-corrected chi connectivity index (χ1v) is 12.8. The van der Waals surface area contributed by atoms with Crippen molar-refractivity contribution in [1.82, 2.24) is 0 Å². The predicted molar refractivity (Wildman–Crippen MR) is 122 cm³/mol. The van der Waals surface area contributed by atoms with E-state index in [2.05, 4.69) is 0 Å². The fourth-order valence-electron chi connectivity index (χ4n) is 5.39. The number of hydrogen-bond donors (Lipinski definition) is 2. The summed E-state index contributed by atoms with van der Waals surface area (Å²) in [6.07, 6.45) is -0.764. The summed E-state index contributed by atoms with van der Waals surface area (Å²) < 4.78 is 59.5. The van der Waals surface area contributed by atoms with Gasteiger partial charge in [-0.15, -0.1) is 0 Å². The van der Waals surface area contributed by atoms with Gasteiger partial charge in [-0.2, -0.15) is 5.26 Å². The third kappa shape index (κ3) is 4.08. The van der Waals surface area contributed by atoms with Gasteiger partial charge in [0.05, 0.1) is 33.3 Å². The second-order valence-corrected chi connectivity index (χ2v) is 11.8. The van der Waals surface area contributed by atoms with Crippen LogP contribution in [0.15, 0.2) is 47.4 Å². The fourth-order valence-corrected chi connectivity index (χ4v) is 7.81. The van der Waals surface area contributed by atoms with Crippen molar-refractivity contribution in [2.75, 3.05) is 6.61 Å².